The third kappa shape index (κ3) is 3.08. The molecule has 0 aromatic carbocycles. The van der Waals surface area contributed by atoms with Crippen LogP contribution in [0.1, 0.15) is 19.8 Å². The number of sulfonamides is 1. The molecular weight excluding hydrogens is 176 g/mol. The summed E-state index contributed by atoms with van der Waals surface area (Å²) in [5.74, 6) is 0.301. The fraction of sp³-hybridized carbons (Fsp3) is 1.00. The van der Waals surface area contributed by atoms with E-state index in [-0.39, 0.29) is 17.7 Å². The number of nitrogens with two attached hydrogens (primary N) is 1. The summed E-state index contributed by atoms with van der Waals surface area (Å²) in [5, 5.41) is 8.21. The molecule has 1 rings (SSSR count). The predicted molar refractivity (Wildman–Crippen MR) is 48.2 cm³/mol. The van der Waals surface area contributed by atoms with E-state index in [9.17, 15) is 8.42 Å². The average molecular weight is 192 g/mol. The van der Waals surface area contributed by atoms with Crippen molar-refractivity contribution in [1.29, 1.82) is 0 Å². The summed E-state index contributed by atoms with van der Waals surface area (Å²) in [6.07, 6.45) is 2.01. The van der Waals surface area contributed by atoms with Crippen molar-refractivity contribution in [2.24, 2.45) is 11.1 Å². The maximum atomic E-state index is 10.8. The molecule has 72 valence electrons. The molecule has 1 aliphatic heterocycles. The van der Waals surface area contributed by atoms with Crippen molar-refractivity contribution in [1.82, 2.24) is 5.32 Å². The third-order valence-corrected chi connectivity index (χ3v) is 3.26. The normalized spacial score (nSPS) is 31.8. The second kappa shape index (κ2) is 3.72. The molecule has 1 heterocycles. The smallest absolute Gasteiger partial charge is 0.209 e. The van der Waals surface area contributed by atoms with Crippen LogP contribution in [-0.4, -0.2) is 26.8 Å². The highest BCUT2D eigenvalue weighted by Gasteiger charge is 2.24. The second-order valence-corrected chi connectivity index (χ2v) is 5.13. The molecule has 1 aliphatic rings. The van der Waals surface area contributed by atoms with Crippen molar-refractivity contribution < 1.29 is 8.42 Å². The molecule has 3 N–H and O–H groups in total. The zero-order chi connectivity index (χ0) is 9.19. The van der Waals surface area contributed by atoms with E-state index in [1.807, 2.05) is 6.92 Å². The summed E-state index contributed by atoms with van der Waals surface area (Å²) in [7, 11) is -3.30. The van der Waals surface area contributed by atoms with E-state index in [4.69, 9.17) is 5.14 Å². The Hall–Kier alpha value is -0.130. The number of hydrogen-bond acceptors (Lipinski definition) is 3. The Balaban J connectivity index is 2.50. The Morgan fingerprint density at radius 2 is 2.25 bits per heavy atom. The molecule has 0 spiro atoms. The minimum atomic E-state index is -3.30. The lowest BCUT2D eigenvalue weighted by atomic mass is 9.94. The number of hydrogen-bond donors (Lipinski definition) is 2. The van der Waals surface area contributed by atoms with Gasteiger partial charge >= 0.3 is 0 Å². The SMILES string of the molecule is CC1NCCCC1CS(N)(=O)=O. The van der Waals surface area contributed by atoms with E-state index in [0.717, 1.165) is 19.4 Å². The Kier molecular flexibility index (Phi) is 3.09. The summed E-state index contributed by atoms with van der Waals surface area (Å²) >= 11 is 0. The second-order valence-electron chi connectivity index (χ2n) is 3.47. The zero-order valence-electron chi connectivity index (χ0n) is 7.29. The highest BCUT2D eigenvalue weighted by molar-refractivity contribution is 7.89. The molecule has 2 unspecified atom stereocenters. The van der Waals surface area contributed by atoms with E-state index in [2.05, 4.69) is 5.32 Å². The summed E-state index contributed by atoms with van der Waals surface area (Å²) in [6, 6.07) is 0.275. The lowest BCUT2D eigenvalue weighted by Gasteiger charge is -2.28. The molecule has 0 aromatic heterocycles. The Morgan fingerprint density at radius 1 is 1.58 bits per heavy atom. The first-order valence-electron chi connectivity index (χ1n) is 4.23. The first-order valence-corrected chi connectivity index (χ1v) is 5.94. The van der Waals surface area contributed by atoms with Crippen LogP contribution in [0.5, 0.6) is 0 Å². The highest BCUT2D eigenvalue weighted by Crippen LogP contribution is 2.16. The molecule has 1 fully saturated rings. The standard InChI is InChI=1S/C7H16N2O2S/c1-6-7(3-2-4-9-6)5-12(8,10)11/h6-7,9H,2-5H2,1H3,(H2,8,10,11). The fourth-order valence-corrected chi connectivity index (χ4v) is 2.69. The van der Waals surface area contributed by atoms with E-state index < -0.39 is 10.0 Å². The van der Waals surface area contributed by atoms with Gasteiger partial charge in [0, 0.05) is 6.04 Å². The van der Waals surface area contributed by atoms with Gasteiger partial charge in [-0.25, -0.2) is 13.6 Å². The molecular formula is C7H16N2O2S. The Labute approximate surface area is 73.6 Å². The van der Waals surface area contributed by atoms with Gasteiger partial charge in [-0.2, -0.15) is 0 Å². The highest BCUT2D eigenvalue weighted by atomic mass is 32.2. The van der Waals surface area contributed by atoms with Crippen molar-refractivity contribution in [3.63, 3.8) is 0 Å². The van der Waals surface area contributed by atoms with Crippen LogP contribution in [0.15, 0.2) is 0 Å². The number of piperidine rings is 1. The van der Waals surface area contributed by atoms with Crippen LogP contribution in [0.2, 0.25) is 0 Å². The molecule has 12 heavy (non-hydrogen) atoms. The Morgan fingerprint density at radius 3 is 2.75 bits per heavy atom. The van der Waals surface area contributed by atoms with Gasteiger partial charge in [0.2, 0.25) is 10.0 Å². The maximum absolute atomic E-state index is 10.8. The lowest BCUT2D eigenvalue weighted by Crippen LogP contribution is -2.42. The molecule has 4 nitrogen and oxygen atoms in total. The fourth-order valence-electron chi connectivity index (χ4n) is 1.64. The van der Waals surface area contributed by atoms with Crippen LogP contribution in [-0.2, 0) is 10.0 Å². The van der Waals surface area contributed by atoms with Crippen LogP contribution in [0.25, 0.3) is 0 Å². The predicted octanol–water partition coefficient (Wildman–Crippen LogP) is -0.337. The molecule has 0 aliphatic carbocycles. The van der Waals surface area contributed by atoms with E-state index in [0.29, 0.717) is 0 Å². The van der Waals surface area contributed by atoms with Gasteiger partial charge in [-0.1, -0.05) is 0 Å². The number of primary sulfonamides is 1. The molecule has 1 saturated heterocycles. The van der Waals surface area contributed by atoms with Crippen molar-refractivity contribution in [3.05, 3.63) is 0 Å². The van der Waals surface area contributed by atoms with Gasteiger partial charge in [-0.3, -0.25) is 0 Å². The number of rotatable bonds is 2. The summed E-state index contributed by atoms with van der Waals surface area (Å²) in [6.45, 7) is 3.00. The zero-order valence-corrected chi connectivity index (χ0v) is 8.10. The van der Waals surface area contributed by atoms with Crippen LogP contribution in [0.4, 0.5) is 0 Å². The average Bonchev–Trinajstić information content (AvgIpc) is 1.91. The van der Waals surface area contributed by atoms with E-state index >= 15 is 0 Å². The van der Waals surface area contributed by atoms with Gasteiger partial charge in [-0.05, 0) is 32.2 Å². The van der Waals surface area contributed by atoms with Gasteiger partial charge in [-0.15, -0.1) is 0 Å². The van der Waals surface area contributed by atoms with E-state index in [1.165, 1.54) is 0 Å². The largest absolute Gasteiger partial charge is 0.314 e. The lowest BCUT2D eigenvalue weighted by molar-refractivity contribution is 0.320. The van der Waals surface area contributed by atoms with Crippen molar-refractivity contribution in [2.45, 2.75) is 25.8 Å². The first-order chi connectivity index (χ1) is 5.49. The van der Waals surface area contributed by atoms with Gasteiger partial charge in [0.25, 0.3) is 0 Å². The van der Waals surface area contributed by atoms with Crippen molar-refractivity contribution >= 4 is 10.0 Å². The van der Waals surface area contributed by atoms with E-state index in [1.54, 1.807) is 0 Å². The topological polar surface area (TPSA) is 72.2 Å². The van der Waals surface area contributed by atoms with Gasteiger partial charge in [0.15, 0.2) is 0 Å². The monoisotopic (exact) mass is 192 g/mol. The number of nitrogens with one attached hydrogen (secondary N) is 1. The molecule has 0 radical (unpaired) electrons. The van der Waals surface area contributed by atoms with Crippen LogP contribution in [0, 0.1) is 5.92 Å². The minimum Gasteiger partial charge on any atom is -0.314 e. The van der Waals surface area contributed by atoms with Crippen LogP contribution in [0.3, 0.4) is 0 Å². The molecule has 0 saturated carbocycles. The molecule has 5 heteroatoms. The van der Waals surface area contributed by atoms with Gasteiger partial charge in [0.05, 0.1) is 5.75 Å². The quantitative estimate of drug-likeness (QED) is 0.629. The van der Waals surface area contributed by atoms with Crippen LogP contribution < -0.4 is 10.5 Å². The molecule has 0 aromatic rings. The first kappa shape index (κ1) is 9.95. The van der Waals surface area contributed by atoms with Crippen LogP contribution >= 0.6 is 0 Å². The summed E-state index contributed by atoms with van der Waals surface area (Å²) in [4.78, 5) is 0. The maximum Gasteiger partial charge on any atom is 0.209 e. The van der Waals surface area contributed by atoms with Gasteiger partial charge in [0.1, 0.15) is 0 Å². The summed E-state index contributed by atoms with van der Waals surface area (Å²) < 4.78 is 21.6. The van der Waals surface area contributed by atoms with Crippen molar-refractivity contribution in [2.75, 3.05) is 12.3 Å². The minimum absolute atomic E-state index is 0.112. The third-order valence-electron chi connectivity index (χ3n) is 2.37. The molecule has 0 amide bonds. The summed E-state index contributed by atoms with van der Waals surface area (Å²) in [5.41, 5.74) is 0. The molecule has 2 atom stereocenters. The Bertz CT molecular complexity index is 238. The molecule has 0 bridgehead atoms. The van der Waals surface area contributed by atoms with Crippen molar-refractivity contribution in [3.8, 4) is 0 Å². The van der Waals surface area contributed by atoms with Gasteiger partial charge < -0.3 is 5.32 Å².